The minimum absolute atomic E-state index is 0.111. The highest BCUT2D eigenvalue weighted by atomic mass is 19.3. The number of halogens is 2. The number of nitrogens with one attached hydrogen (secondary N) is 2. The second kappa shape index (κ2) is 11.6. The molecule has 3 N–H and O–H groups in total. The lowest BCUT2D eigenvalue weighted by Crippen LogP contribution is -2.45. The predicted molar refractivity (Wildman–Crippen MR) is 122 cm³/mol. The monoisotopic (exact) mass is 474 g/mol. The molecule has 2 aromatic rings. The molecule has 1 aliphatic rings. The van der Waals surface area contributed by atoms with Crippen LogP contribution in [0.3, 0.4) is 0 Å². The van der Waals surface area contributed by atoms with Crippen LogP contribution in [0.4, 0.5) is 13.6 Å². The van der Waals surface area contributed by atoms with Crippen molar-refractivity contribution in [2.24, 2.45) is 0 Å². The number of amides is 2. The summed E-state index contributed by atoms with van der Waals surface area (Å²) in [5.41, 5.74) is 4.34. The lowest BCUT2D eigenvalue weighted by atomic mass is 9.98. The van der Waals surface area contributed by atoms with Crippen molar-refractivity contribution in [2.45, 2.75) is 57.0 Å². The number of carboxylic acids is 1. The molecule has 2 atom stereocenters. The summed E-state index contributed by atoms with van der Waals surface area (Å²) < 4.78 is 30.6. The summed E-state index contributed by atoms with van der Waals surface area (Å²) in [4.78, 5) is 35.9. The summed E-state index contributed by atoms with van der Waals surface area (Å²) >= 11 is 0. The Morgan fingerprint density at radius 1 is 1.00 bits per heavy atom. The second-order valence-corrected chi connectivity index (χ2v) is 8.24. The molecule has 2 amide bonds. The van der Waals surface area contributed by atoms with Crippen molar-refractivity contribution < 1.29 is 33.0 Å². The van der Waals surface area contributed by atoms with Gasteiger partial charge in [0, 0.05) is 24.8 Å². The van der Waals surface area contributed by atoms with Gasteiger partial charge in [0.1, 0.15) is 12.6 Å². The number of carbonyl (C=O) groups excluding carboxylic acids is 2. The zero-order chi connectivity index (χ0) is 24.7. The lowest BCUT2D eigenvalue weighted by Gasteiger charge is -2.20. The summed E-state index contributed by atoms with van der Waals surface area (Å²) in [6.07, 6.45) is -3.72. The van der Waals surface area contributed by atoms with Gasteiger partial charge in [0.05, 0.1) is 0 Å². The van der Waals surface area contributed by atoms with Crippen LogP contribution in [0, 0.1) is 0 Å². The van der Waals surface area contributed by atoms with E-state index in [0.717, 1.165) is 22.3 Å². The van der Waals surface area contributed by atoms with Crippen molar-refractivity contribution >= 4 is 18.0 Å². The van der Waals surface area contributed by atoms with Crippen molar-refractivity contribution in [1.29, 1.82) is 0 Å². The number of alkyl halides is 2. The fraction of sp³-hybridized carbons (Fsp3) is 0.400. The number of hydrogen-bond acceptors (Lipinski definition) is 4. The van der Waals surface area contributed by atoms with Crippen LogP contribution in [0.25, 0.3) is 11.1 Å². The van der Waals surface area contributed by atoms with Crippen LogP contribution in [0.1, 0.15) is 49.7 Å². The van der Waals surface area contributed by atoms with Crippen molar-refractivity contribution in [2.75, 3.05) is 6.61 Å². The van der Waals surface area contributed by atoms with E-state index in [1.165, 1.54) is 0 Å². The van der Waals surface area contributed by atoms with Crippen LogP contribution in [-0.4, -0.2) is 48.2 Å². The first kappa shape index (κ1) is 25.1. The Morgan fingerprint density at radius 3 is 2.12 bits per heavy atom. The van der Waals surface area contributed by atoms with Crippen LogP contribution in [-0.2, 0) is 14.3 Å². The molecule has 0 saturated carbocycles. The summed E-state index contributed by atoms with van der Waals surface area (Å²) in [6, 6.07) is 13.5. The minimum atomic E-state index is -2.87. The summed E-state index contributed by atoms with van der Waals surface area (Å²) in [5, 5.41) is 13.8. The molecule has 3 rings (SSSR count). The van der Waals surface area contributed by atoms with Crippen LogP contribution in [0.2, 0.25) is 0 Å². The van der Waals surface area contributed by atoms with E-state index in [9.17, 15) is 23.2 Å². The summed E-state index contributed by atoms with van der Waals surface area (Å²) in [7, 11) is 0. The zero-order valence-electron chi connectivity index (χ0n) is 18.8. The van der Waals surface area contributed by atoms with E-state index in [0.29, 0.717) is 12.8 Å². The van der Waals surface area contributed by atoms with Gasteiger partial charge in [0.15, 0.2) is 0 Å². The summed E-state index contributed by atoms with van der Waals surface area (Å²) in [5.74, 6) is -2.38. The average Bonchev–Trinajstić information content (AvgIpc) is 3.11. The first-order chi connectivity index (χ1) is 16.3. The third-order valence-corrected chi connectivity index (χ3v) is 5.78. The van der Waals surface area contributed by atoms with E-state index in [2.05, 4.69) is 10.6 Å². The maximum absolute atomic E-state index is 12.6. The van der Waals surface area contributed by atoms with Crippen molar-refractivity contribution in [1.82, 2.24) is 10.6 Å². The van der Waals surface area contributed by atoms with Gasteiger partial charge < -0.3 is 20.5 Å². The maximum atomic E-state index is 12.6. The first-order valence-electron chi connectivity index (χ1n) is 11.2. The van der Waals surface area contributed by atoms with E-state index in [1.807, 2.05) is 55.5 Å². The Hall–Kier alpha value is -3.49. The highest BCUT2D eigenvalue weighted by Crippen LogP contribution is 2.44. The third-order valence-electron chi connectivity index (χ3n) is 5.78. The molecule has 9 heteroatoms. The van der Waals surface area contributed by atoms with Gasteiger partial charge in [-0.2, -0.15) is 0 Å². The van der Waals surface area contributed by atoms with Gasteiger partial charge in [0.2, 0.25) is 12.3 Å². The van der Waals surface area contributed by atoms with Gasteiger partial charge >= 0.3 is 12.1 Å². The van der Waals surface area contributed by atoms with Crippen molar-refractivity contribution in [3.63, 3.8) is 0 Å². The SMILES string of the molecule is CCC[C@H](CC(=O)NC(CC(F)F)C(=O)O)NC(=O)OCC1c2ccccc2-c2ccccc21. The van der Waals surface area contributed by atoms with Gasteiger partial charge in [-0.3, -0.25) is 4.79 Å². The van der Waals surface area contributed by atoms with E-state index in [4.69, 9.17) is 9.84 Å². The number of carbonyl (C=O) groups is 3. The topological polar surface area (TPSA) is 105 Å². The van der Waals surface area contributed by atoms with E-state index >= 15 is 0 Å². The Labute approximate surface area is 196 Å². The largest absolute Gasteiger partial charge is 0.480 e. The molecule has 0 saturated heterocycles. The van der Waals surface area contributed by atoms with E-state index in [1.54, 1.807) is 0 Å². The van der Waals surface area contributed by atoms with Gasteiger partial charge in [0.25, 0.3) is 0 Å². The third kappa shape index (κ3) is 6.30. The second-order valence-electron chi connectivity index (χ2n) is 8.24. The van der Waals surface area contributed by atoms with Gasteiger partial charge in [-0.15, -0.1) is 0 Å². The molecule has 0 aromatic heterocycles. The molecule has 1 unspecified atom stereocenters. The zero-order valence-corrected chi connectivity index (χ0v) is 18.8. The molecule has 0 spiro atoms. The van der Waals surface area contributed by atoms with Crippen LogP contribution in [0.15, 0.2) is 48.5 Å². The number of carboxylic acid groups (broad SMARTS) is 1. The predicted octanol–water partition coefficient (Wildman–Crippen LogP) is 4.31. The Balaban J connectivity index is 1.58. The molecular formula is C25H28F2N2O5. The Morgan fingerprint density at radius 2 is 1.59 bits per heavy atom. The molecule has 182 valence electrons. The molecule has 0 bridgehead atoms. The van der Waals surface area contributed by atoms with Crippen molar-refractivity contribution in [3.05, 3.63) is 59.7 Å². The number of aliphatic carboxylic acids is 1. The fourth-order valence-corrected chi connectivity index (χ4v) is 4.26. The Bertz CT molecular complexity index is 984. The minimum Gasteiger partial charge on any atom is -0.480 e. The fourth-order valence-electron chi connectivity index (χ4n) is 4.26. The highest BCUT2D eigenvalue weighted by molar-refractivity contribution is 5.84. The van der Waals surface area contributed by atoms with Crippen LogP contribution in [0.5, 0.6) is 0 Å². The molecule has 1 aliphatic carbocycles. The summed E-state index contributed by atoms with van der Waals surface area (Å²) in [6.45, 7) is 1.97. The van der Waals surface area contributed by atoms with Crippen molar-refractivity contribution in [3.8, 4) is 11.1 Å². The number of fused-ring (bicyclic) bond motifs is 3. The molecule has 0 aliphatic heterocycles. The molecule has 2 aromatic carbocycles. The standard InChI is InChI=1S/C25H28F2N2O5/c1-2-7-15(12-23(30)29-21(24(31)32)13-22(26)27)28-25(33)34-14-20-18-10-5-3-8-16(18)17-9-4-6-11-19(17)20/h3-6,8-11,15,20-22H,2,7,12-14H2,1H3,(H,28,33)(H,29,30)(H,31,32)/t15-,21?/m1/s1. The van der Waals surface area contributed by atoms with Crippen LogP contribution >= 0.6 is 0 Å². The number of rotatable bonds is 11. The number of ether oxygens (including phenoxy) is 1. The normalized spacial score (nSPS) is 14.1. The molecule has 0 radical (unpaired) electrons. The Kier molecular flexibility index (Phi) is 8.56. The lowest BCUT2D eigenvalue weighted by molar-refractivity contribution is -0.143. The van der Waals surface area contributed by atoms with Crippen LogP contribution < -0.4 is 10.6 Å². The quantitative estimate of drug-likeness (QED) is 0.450. The maximum Gasteiger partial charge on any atom is 0.407 e. The molecular weight excluding hydrogens is 446 g/mol. The molecule has 7 nitrogen and oxygen atoms in total. The smallest absolute Gasteiger partial charge is 0.407 e. The van der Waals surface area contributed by atoms with Gasteiger partial charge in [-0.05, 0) is 28.7 Å². The first-order valence-corrected chi connectivity index (χ1v) is 11.2. The molecule has 0 heterocycles. The van der Waals surface area contributed by atoms with E-state index in [-0.39, 0.29) is 18.9 Å². The molecule has 0 fully saturated rings. The van der Waals surface area contributed by atoms with Gasteiger partial charge in [-0.25, -0.2) is 18.4 Å². The number of benzene rings is 2. The number of hydrogen-bond donors (Lipinski definition) is 3. The average molecular weight is 475 g/mol. The highest BCUT2D eigenvalue weighted by Gasteiger charge is 2.30. The molecule has 34 heavy (non-hydrogen) atoms. The van der Waals surface area contributed by atoms with E-state index < -0.39 is 42.9 Å². The van der Waals surface area contributed by atoms with Gasteiger partial charge in [-0.1, -0.05) is 61.9 Å². The number of alkyl carbamates (subject to hydrolysis) is 1.